The highest BCUT2D eigenvalue weighted by atomic mass is 19.4. The summed E-state index contributed by atoms with van der Waals surface area (Å²) in [5.74, 6) is -4.11. The van der Waals surface area contributed by atoms with Gasteiger partial charge in [-0.15, -0.1) is 13.2 Å². The maximum Gasteiger partial charge on any atom is 0.573 e. The Morgan fingerprint density at radius 2 is 2.00 bits per heavy atom. The maximum atomic E-state index is 13.3. The Hall–Kier alpha value is -2.30. The summed E-state index contributed by atoms with van der Waals surface area (Å²) in [6.07, 6.45) is -5.20. The Morgan fingerprint density at radius 1 is 1.39 bits per heavy atom. The van der Waals surface area contributed by atoms with Gasteiger partial charge in [-0.1, -0.05) is 0 Å². The van der Waals surface area contributed by atoms with Crippen LogP contribution < -0.4 is 4.74 Å². The van der Waals surface area contributed by atoms with Crippen molar-refractivity contribution in [2.24, 2.45) is 0 Å². The SMILES string of the molecule is COC(=O)c1c(C#N)ccc(F)c1OC(F)(F)F. The predicted molar refractivity (Wildman–Crippen MR) is 49.1 cm³/mol. The van der Waals surface area contributed by atoms with Gasteiger partial charge in [0.25, 0.3) is 0 Å². The van der Waals surface area contributed by atoms with Crippen LogP contribution in [0.3, 0.4) is 0 Å². The maximum absolute atomic E-state index is 13.3. The Labute approximate surface area is 98.3 Å². The molecule has 0 amide bonds. The third-order valence-electron chi connectivity index (χ3n) is 1.84. The van der Waals surface area contributed by atoms with Crippen molar-refractivity contribution in [3.05, 3.63) is 29.1 Å². The largest absolute Gasteiger partial charge is 0.573 e. The molecular formula is C10H5F4NO3. The monoisotopic (exact) mass is 263 g/mol. The van der Waals surface area contributed by atoms with Crippen LogP contribution in [0.2, 0.25) is 0 Å². The van der Waals surface area contributed by atoms with Crippen molar-refractivity contribution in [1.82, 2.24) is 0 Å². The summed E-state index contributed by atoms with van der Waals surface area (Å²) in [6, 6.07) is 2.89. The smallest absolute Gasteiger partial charge is 0.465 e. The molecule has 8 heteroatoms. The van der Waals surface area contributed by atoms with Crippen LogP contribution in [0, 0.1) is 17.1 Å². The van der Waals surface area contributed by atoms with Crippen molar-refractivity contribution >= 4 is 5.97 Å². The average Bonchev–Trinajstić information content (AvgIpc) is 2.29. The van der Waals surface area contributed by atoms with E-state index in [0.717, 1.165) is 13.2 Å². The fourth-order valence-corrected chi connectivity index (χ4v) is 1.17. The number of carbonyl (C=O) groups excluding carboxylic acids is 1. The van der Waals surface area contributed by atoms with E-state index in [4.69, 9.17) is 5.26 Å². The molecule has 0 unspecified atom stereocenters. The fourth-order valence-electron chi connectivity index (χ4n) is 1.17. The van der Waals surface area contributed by atoms with Gasteiger partial charge in [0.1, 0.15) is 11.6 Å². The topological polar surface area (TPSA) is 59.3 Å². The Balaban J connectivity index is 3.47. The first-order valence-electron chi connectivity index (χ1n) is 4.36. The summed E-state index contributed by atoms with van der Waals surface area (Å²) in [6.45, 7) is 0. The number of esters is 1. The summed E-state index contributed by atoms with van der Waals surface area (Å²) in [5.41, 5.74) is -1.39. The van der Waals surface area contributed by atoms with E-state index in [1.165, 1.54) is 6.07 Å². The van der Waals surface area contributed by atoms with Gasteiger partial charge in [0.2, 0.25) is 0 Å². The lowest BCUT2D eigenvalue weighted by molar-refractivity contribution is -0.275. The Bertz CT molecular complexity index is 519. The van der Waals surface area contributed by atoms with Gasteiger partial charge in [0.05, 0.1) is 12.7 Å². The number of methoxy groups -OCH3 is 1. The lowest BCUT2D eigenvalue weighted by atomic mass is 10.1. The van der Waals surface area contributed by atoms with Gasteiger partial charge in [-0.2, -0.15) is 5.26 Å². The lowest BCUT2D eigenvalue weighted by Gasteiger charge is -2.13. The molecule has 0 aliphatic rings. The average molecular weight is 263 g/mol. The zero-order chi connectivity index (χ0) is 13.9. The highest BCUT2D eigenvalue weighted by Gasteiger charge is 2.36. The molecule has 0 spiro atoms. The standard InChI is InChI=1S/C10H5F4NO3/c1-17-9(16)7-5(4-15)2-3-6(11)8(7)18-10(12,13)14/h2-3H,1H3. The molecule has 4 nitrogen and oxygen atoms in total. The Morgan fingerprint density at radius 3 is 2.44 bits per heavy atom. The van der Waals surface area contributed by atoms with E-state index in [9.17, 15) is 22.4 Å². The lowest BCUT2D eigenvalue weighted by Crippen LogP contribution is -2.21. The Kier molecular flexibility index (Phi) is 3.76. The van der Waals surface area contributed by atoms with E-state index in [2.05, 4.69) is 9.47 Å². The second-order valence-electron chi connectivity index (χ2n) is 2.95. The number of nitriles is 1. The number of halogens is 4. The zero-order valence-electron chi connectivity index (χ0n) is 8.84. The van der Waals surface area contributed by atoms with Crippen molar-refractivity contribution in [2.75, 3.05) is 7.11 Å². The molecule has 0 aromatic heterocycles. The molecule has 0 heterocycles. The number of alkyl halides is 3. The molecule has 1 aromatic carbocycles. The minimum atomic E-state index is -5.20. The van der Waals surface area contributed by atoms with Crippen LogP contribution in [0.4, 0.5) is 17.6 Å². The fraction of sp³-hybridized carbons (Fsp3) is 0.200. The quantitative estimate of drug-likeness (QED) is 0.607. The van der Waals surface area contributed by atoms with Crippen molar-refractivity contribution in [1.29, 1.82) is 5.26 Å². The number of carbonyl (C=O) groups is 1. The predicted octanol–water partition coefficient (Wildman–Crippen LogP) is 2.38. The van der Waals surface area contributed by atoms with Gasteiger partial charge in [0, 0.05) is 0 Å². The van der Waals surface area contributed by atoms with E-state index >= 15 is 0 Å². The van der Waals surface area contributed by atoms with Gasteiger partial charge in [-0.05, 0) is 12.1 Å². The first-order valence-corrected chi connectivity index (χ1v) is 4.36. The number of hydrogen-bond donors (Lipinski definition) is 0. The summed E-state index contributed by atoms with van der Waals surface area (Å²) < 4.78 is 57.1. The number of rotatable bonds is 2. The van der Waals surface area contributed by atoms with Gasteiger partial charge < -0.3 is 9.47 Å². The van der Waals surface area contributed by atoms with Crippen molar-refractivity contribution in [3.8, 4) is 11.8 Å². The molecule has 0 aliphatic carbocycles. The number of benzene rings is 1. The van der Waals surface area contributed by atoms with Crippen LogP contribution in [0.1, 0.15) is 15.9 Å². The minimum Gasteiger partial charge on any atom is -0.465 e. The highest BCUT2D eigenvalue weighted by molar-refractivity contribution is 5.95. The molecule has 0 bridgehead atoms. The van der Waals surface area contributed by atoms with Crippen LogP contribution >= 0.6 is 0 Å². The van der Waals surface area contributed by atoms with Crippen molar-refractivity contribution < 1.29 is 31.8 Å². The highest BCUT2D eigenvalue weighted by Crippen LogP contribution is 2.31. The molecule has 1 aromatic rings. The second-order valence-corrected chi connectivity index (χ2v) is 2.95. The molecule has 96 valence electrons. The number of nitrogens with zero attached hydrogens (tertiary/aromatic N) is 1. The molecule has 0 aliphatic heterocycles. The third-order valence-corrected chi connectivity index (χ3v) is 1.84. The van der Waals surface area contributed by atoms with Crippen LogP contribution in [0.15, 0.2) is 12.1 Å². The van der Waals surface area contributed by atoms with Crippen LogP contribution in [-0.4, -0.2) is 19.4 Å². The molecule has 0 radical (unpaired) electrons. The number of ether oxygens (including phenoxy) is 2. The van der Waals surface area contributed by atoms with Crippen LogP contribution in [0.5, 0.6) is 5.75 Å². The van der Waals surface area contributed by atoms with E-state index in [-0.39, 0.29) is 0 Å². The first kappa shape index (κ1) is 13.8. The van der Waals surface area contributed by atoms with Crippen LogP contribution in [-0.2, 0) is 4.74 Å². The summed E-state index contributed by atoms with van der Waals surface area (Å²) in [7, 11) is 0.881. The molecule has 0 fully saturated rings. The van der Waals surface area contributed by atoms with Crippen molar-refractivity contribution in [2.45, 2.75) is 6.36 Å². The summed E-state index contributed by atoms with van der Waals surface area (Å²) in [4.78, 5) is 11.3. The second kappa shape index (κ2) is 4.91. The van der Waals surface area contributed by atoms with E-state index in [1.54, 1.807) is 0 Å². The molecule has 0 saturated carbocycles. The van der Waals surface area contributed by atoms with Gasteiger partial charge in [-0.3, -0.25) is 0 Å². The third kappa shape index (κ3) is 2.88. The normalized spacial score (nSPS) is 10.7. The van der Waals surface area contributed by atoms with Gasteiger partial charge in [-0.25, -0.2) is 9.18 Å². The zero-order valence-corrected chi connectivity index (χ0v) is 8.84. The molecule has 0 atom stereocenters. The van der Waals surface area contributed by atoms with E-state index in [1.807, 2.05) is 0 Å². The van der Waals surface area contributed by atoms with Crippen LogP contribution in [0.25, 0.3) is 0 Å². The molecular weight excluding hydrogens is 258 g/mol. The molecule has 18 heavy (non-hydrogen) atoms. The van der Waals surface area contributed by atoms with Gasteiger partial charge >= 0.3 is 12.3 Å². The molecule has 0 N–H and O–H groups in total. The van der Waals surface area contributed by atoms with Gasteiger partial charge in [0.15, 0.2) is 11.6 Å². The van der Waals surface area contributed by atoms with E-state index < -0.39 is 35.0 Å². The first-order chi connectivity index (χ1) is 8.30. The molecule has 1 rings (SSSR count). The number of hydrogen-bond acceptors (Lipinski definition) is 4. The summed E-state index contributed by atoms with van der Waals surface area (Å²) >= 11 is 0. The molecule has 0 saturated heterocycles. The van der Waals surface area contributed by atoms with E-state index in [0.29, 0.717) is 6.07 Å². The van der Waals surface area contributed by atoms with Crippen molar-refractivity contribution in [3.63, 3.8) is 0 Å². The summed E-state index contributed by atoms with van der Waals surface area (Å²) in [5, 5.41) is 8.66. The minimum absolute atomic E-state index is 0.484.